The predicted molar refractivity (Wildman–Crippen MR) is 73.8 cm³/mol. The van der Waals surface area contributed by atoms with Gasteiger partial charge in [-0.25, -0.2) is 0 Å². The summed E-state index contributed by atoms with van der Waals surface area (Å²) in [5, 5.41) is 2.08. The summed E-state index contributed by atoms with van der Waals surface area (Å²) in [7, 11) is 0. The van der Waals surface area contributed by atoms with Gasteiger partial charge in [-0.3, -0.25) is 0 Å². The summed E-state index contributed by atoms with van der Waals surface area (Å²) in [6.07, 6.45) is 0.749. The Hall–Kier alpha value is -1.10. The fraction of sp³-hybridized carbons (Fsp3) is 0.429. The molecule has 0 radical (unpaired) electrons. The fourth-order valence-corrected chi connectivity index (χ4v) is 2.53. The molecule has 0 aliphatic carbocycles. The SMILES string of the molecule is Cc1ccc(C(OCCc2cccs2)C(C)N)o1. The standard InChI is InChI=1S/C14H19NO2S/c1-10-5-6-13(17-10)14(11(2)15)16-8-7-12-4-3-9-18-12/h3-6,9,11,14H,7-8,15H2,1-2H3. The van der Waals surface area contributed by atoms with Crippen LogP contribution >= 0.6 is 11.3 Å². The number of aryl methyl sites for hydroxylation is 1. The first-order valence-corrected chi connectivity index (χ1v) is 7.00. The van der Waals surface area contributed by atoms with E-state index in [1.165, 1.54) is 4.88 Å². The monoisotopic (exact) mass is 265 g/mol. The van der Waals surface area contributed by atoms with Crippen molar-refractivity contribution < 1.29 is 9.15 Å². The van der Waals surface area contributed by atoms with Gasteiger partial charge in [0, 0.05) is 17.3 Å². The van der Waals surface area contributed by atoms with Crippen molar-refractivity contribution in [2.75, 3.05) is 6.61 Å². The van der Waals surface area contributed by atoms with Crippen LogP contribution in [-0.2, 0) is 11.2 Å². The Labute approximate surface area is 112 Å². The van der Waals surface area contributed by atoms with Gasteiger partial charge < -0.3 is 14.9 Å². The Kier molecular flexibility index (Phi) is 4.58. The lowest BCUT2D eigenvalue weighted by Gasteiger charge is -2.19. The van der Waals surface area contributed by atoms with E-state index < -0.39 is 0 Å². The van der Waals surface area contributed by atoms with Crippen molar-refractivity contribution in [3.63, 3.8) is 0 Å². The molecule has 0 amide bonds. The third-order valence-electron chi connectivity index (χ3n) is 2.75. The lowest BCUT2D eigenvalue weighted by molar-refractivity contribution is 0.0254. The molecular formula is C14H19NO2S. The number of rotatable bonds is 6. The molecule has 0 aromatic carbocycles. The molecule has 2 unspecified atom stereocenters. The second kappa shape index (κ2) is 6.18. The molecule has 2 N–H and O–H groups in total. The van der Waals surface area contributed by atoms with Gasteiger partial charge in [0.25, 0.3) is 0 Å². The average Bonchev–Trinajstić information content (AvgIpc) is 2.95. The van der Waals surface area contributed by atoms with Crippen molar-refractivity contribution in [1.29, 1.82) is 0 Å². The molecule has 0 aliphatic rings. The van der Waals surface area contributed by atoms with Crippen molar-refractivity contribution >= 4 is 11.3 Å². The molecule has 4 heteroatoms. The molecule has 2 aromatic heterocycles. The summed E-state index contributed by atoms with van der Waals surface area (Å²) in [4.78, 5) is 1.33. The molecule has 0 saturated heterocycles. The van der Waals surface area contributed by atoms with Gasteiger partial charge in [-0.1, -0.05) is 6.07 Å². The highest BCUT2D eigenvalue weighted by molar-refractivity contribution is 7.09. The van der Waals surface area contributed by atoms with Gasteiger partial charge in [-0.2, -0.15) is 0 Å². The topological polar surface area (TPSA) is 48.4 Å². The second-order valence-electron chi connectivity index (χ2n) is 4.43. The predicted octanol–water partition coefficient (Wildman–Crippen LogP) is 3.30. The minimum atomic E-state index is -0.168. The molecule has 2 rings (SSSR count). The quantitative estimate of drug-likeness (QED) is 0.871. The molecular weight excluding hydrogens is 246 g/mol. The Bertz CT molecular complexity index is 462. The fourth-order valence-electron chi connectivity index (χ4n) is 1.84. The van der Waals surface area contributed by atoms with Crippen LogP contribution in [0.25, 0.3) is 0 Å². The Morgan fingerprint density at radius 3 is 2.78 bits per heavy atom. The van der Waals surface area contributed by atoms with Gasteiger partial charge in [0.15, 0.2) is 0 Å². The highest BCUT2D eigenvalue weighted by Gasteiger charge is 2.20. The van der Waals surface area contributed by atoms with Crippen LogP contribution < -0.4 is 5.73 Å². The summed E-state index contributed by atoms with van der Waals surface area (Å²) in [5.41, 5.74) is 5.96. The summed E-state index contributed by atoms with van der Waals surface area (Å²) < 4.78 is 11.5. The van der Waals surface area contributed by atoms with Gasteiger partial charge in [-0.05, 0) is 37.4 Å². The first kappa shape index (κ1) is 13.3. The molecule has 18 heavy (non-hydrogen) atoms. The largest absolute Gasteiger partial charge is 0.464 e. The van der Waals surface area contributed by atoms with Crippen LogP contribution in [0.1, 0.15) is 29.4 Å². The minimum Gasteiger partial charge on any atom is -0.464 e. The smallest absolute Gasteiger partial charge is 0.134 e. The van der Waals surface area contributed by atoms with E-state index in [0.717, 1.165) is 17.9 Å². The van der Waals surface area contributed by atoms with E-state index in [4.69, 9.17) is 14.9 Å². The first-order chi connectivity index (χ1) is 8.66. The summed E-state index contributed by atoms with van der Waals surface area (Å²) in [5.74, 6) is 1.70. The van der Waals surface area contributed by atoms with E-state index in [1.807, 2.05) is 26.0 Å². The lowest BCUT2D eigenvalue weighted by Crippen LogP contribution is -2.27. The molecule has 0 aliphatic heterocycles. The zero-order valence-electron chi connectivity index (χ0n) is 10.8. The van der Waals surface area contributed by atoms with Crippen LogP contribution in [0.4, 0.5) is 0 Å². The third kappa shape index (κ3) is 3.45. The van der Waals surface area contributed by atoms with Crippen LogP contribution in [0.3, 0.4) is 0 Å². The molecule has 3 nitrogen and oxygen atoms in total. The Morgan fingerprint density at radius 2 is 2.22 bits per heavy atom. The van der Waals surface area contributed by atoms with Gasteiger partial charge in [-0.15, -0.1) is 11.3 Å². The van der Waals surface area contributed by atoms with Crippen LogP contribution in [0.5, 0.6) is 0 Å². The Balaban J connectivity index is 1.91. The van der Waals surface area contributed by atoms with E-state index in [9.17, 15) is 0 Å². The van der Waals surface area contributed by atoms with Crippen LogP contribution in [0.2, 0.25) is 0 Å². The van der Waals surface area contributed by atoms with E-state index in [1.54, 1.807) is 11.3 Å². The van der Waals surface area contributed by atoms with Gasteiger partial charge in [0.05, 0.1) is 6.61 Å². The maximum absolute atomic E-state index is 5.96. The van der Waals surface area contributed by atoms with Crippen molar-refractivity contribution in [3.05, 3.63) is 46.0 Å². The summed E-state index contributed by atoms with van der Waals surface area (Å²) in [6.45, 7) is 4.52. The molecule has 0 fully saturated rings. The maximum atomic E-state index is 5.96. The van der Waals surface area contributed by atoms with E-state index >= 15 is 0 Å². The van der Waals surface area contributed by atoms with Gasteiger partial charge in [0.1, 0.15) is 17.6 Å². The maximum Gasteiger partial charge on any atom is 0.134 e. The zero-order valence-corrected chi connectivity index (χ0v) is 11.6. The number of thiophene rings is 1. The molecule has 98 valence electrons. The van der Waals surface area contributed by atoms with Crippen molar-refractivity contribution in [3.8, 4) is 0 Å². The van der Waals surface area contributed by atoms with E-state index in [-0.39, 0.29) is 12.1 Å². The van der Waals surface area contributed by atoms with Crippen LogP contribution in [0, 0.1) is 6.92 Å². The molecule has 2 atom stereocenters. The van der Waals surface area contributed by atoms with E-state index in [2.05, 4.69) is 17.5 Å². The molecule has 2 heterocycles. The first-order valence-electron chi connectivity index (χ1n) is 6.12. The zero-order chi connectivity index (χ0) is 13.0. The molecule has 0 saturated carbocycles. The number of ether oxygens (including phenoxy) is 1. The summed E-state index contributed by atoms with van der Waals surface area (Å²) >= 11 is 1.75. The highest BCUT2D eigenvalue weighted by Crippen LogP contribution is 2.23. The third-order valence-corrected chi connectivity index (χ3v) is 3.68. The highest BCUT2D eigenvalue weighted by atomic mass is 32.1. The van der Waals surface area contributed by atoms with Crippen molar-refractivity contribution in [1.82, 2.24) is 0 Å². The second-order valence-corrected chi connectivity index (χ2v) is 5.46. The summed E-state index contributed by atoms with van der Waals surface area (Å²) in [6, 6.07) is 7.96. The van der Waals surface area contributed by atoms with Gasteiger partial charge in [0.2, 0.25) is 0 Å². The minimum absolute atomic E-state index is 0.0844. The average molecular weight is 265 g/mol. The lowest BCUT2D eigenvalue weighted by atomic mass is 10.1. The molecule has 0 spiro atoms. The van der Waals surface area contributed by atoms with Crippen LogP contribution in [0.15, 0.2) is 34.1 Å². The van der Waals surface area contributed by atoms with E-state index in [0.29, 0.717) is 6.61 Å². The van der Waals surface area contributed by atoms with Crippen molar-refractivity contribution in [2.24, 2.45) is 5.73 Å². The number of furan rings is 1. The normalized spacial score (nSPS) is 14.6. The number of hydrogen-bond donors (Lipinski definition) is 1. The van der Waals surface area contributed by atoms with Crippen molar-refractivity contribution in [2.45, 2.75) is 32.4 Å². The number of nitrogens with two attached hydrogens (primary N) is 1. The molecule has 2 aromatic rings. The van der Waals surface area contributed by atoms with Gasteiger partial charge >= 0.3 is 0 Å². The number of hydrogen-bond acceptors (Lipinski definition) is 4. The van der Waals surface area contributed by atoms with Crippen LogP contribution in [-0.4, -0.2) is 12.6 Å². The Morgan fingerprint density at radius 1 is 1.39 bits per heavy atom. The molecule has 0 bridgehead atoms.